The average molecular weight is 459 g/mol. The maximum Gasteiger partial charge on any atom is 0.191 e. The van der Waals surface area contributed by atoms with E-state index in [0.717, 1.165) is 37.0 Å². The SMILES string of the molecule is CCCNC(=NC)NCC1(c2ccc3c(c2)OCCO3)CCCC1.I. The number of fused-ring (bicyclic) bond motifs is 1. The number of hydrogen-bond donors (Lipinski definition) is 2. The monoisotopic (exact) mass is 459 g/mol. The molecular weight excluding hydrogens is 429 g/mol. The van der Waals surface area contributed by atoms with E-state index in [-0.39, 0.29) is 29.4 Å². The number of rotatable bonds is 5. The maximum atomic E-state index is 5.79. The van der Waals surface area contributed by atoms with Crippen LogP contribution < -0.4 is 20.1 Å². The molecule has 2 aliphatic rings. The topological polar surface area (TPSA) is 54.9 Å². The molecule has 2 N–H and O–H groups in total. The van der Waals surface area contributed by atoms with E-state index < -0.39 is 0 Å². The molecule has 0 radical (unpaired) electrons. The summed E-state index contributed by atoms with van der Waals surface area (Å²) < 4.78 is 11.5. The zero-order valence-electron chi connectivity index (χ0n) is 15.3. The van der Waals surface area contributed by atoms with Gasteiger partial charge in [-0.1, -0.05) is 25.8 Å². The summed E-state index contributed by atoms with van der Waals surface area (Å²) in [6.07, 6.45) is 6.04. The number of nitrogens with zero attached hydrogens (tertiary/aromatic N) is 1. The fourth-order valence-electron chi connectivity index (χ4n) is 3.71. The standard InChI is InChI=1S/C19H29N3O2.HI/c1-3-10-21-18(20-2)22-14-19(8-4-5-9-19)15-6-7-16-17(13-15)24-12-11-23-16;/h6-7,13H,3-5,8-12,14H2,1-2H3,(H2,20,21,22);1H. The molecule has 0 unspecified atom stereocenters. The van der Waals surface area contributed by atoms with Crippen molar-refractivity contribution in [2.45, 2.75) is 44.4 Å². The summed E-state index contributed by atoms with van der Waals surface area (Å²) in [6, 6.07) is 6.46. The second-order valence-corrected chi connectivity index (χ2v) is 6.70. The van der Waals surface area contributed by atoms with Crippen molar-refractivity contribution in [3.05, 3.63) is 23.8 Å². The molecule has 1 fully saturated rings. The molecule has 6 heteroatoms. The second kappa shape index (κ2) is 9.50. The van der Waals surface area contributed by atoms with Gasteiger partial charge in [0.05, 0.1) is 0 Å². The Morgan fingerprint density at radius 3 is 2.52 bits per heavy atom. The average Bonchev–Trinajstić information content (AvgIpc) is 3.11. The van der Waals surface area contributed by atoms with Crippen LogP contribution in [0.3, 0.4) is 0 Å². The summed E-state index contributed by atoms with van der Waals surface area (Å²) in [5, 5.41) is 6.89. The molecule has 1 heterocycles. The van der Waals surface area contributed by atoms with E-state index in [1.807, 2.05) is 7.05 Å². The predicted molar refractivity (Wildman–Crippen MR) is 113 cm³/mol. The van der Waals surface area contributed by atoms with Crippen LogP contribution in [0.5, 0.6) is 11.5 Å². The fourth-order valence-corrected chi connectivity index (χ4v) is 3.71. The summed E-state index contributed by atoms with van der Waals surface area (Å²) in [4.78, 5) is 4.33. The molecule has 0 saturated heterocycles. The molecule has 140 valence electrons. The smallest absolute Gasteiger partial charge is 0.191 e. The lowest BCUT2D eigenvalue weighted by atomic mass is 9.78. The van der Waals surface area contributed by atoms with Crippen LogP contribution >= 0.6 is 24.0 Å². The Bertz CT molecular complexity index is 586. The summed E-state index contributed by atoms with van der Waals surface area (Å²) in [5.41, 5.74) is 1.50. The summed E-state index contributed by atoms with van der Waals surface area (Å²) in [7, 11) is 1.83. The number of halogens is 1. The van der Waals surface area contributed by atoms with Crippen LogP contribution in [0.15, 0.2) is 23.2 Å². The molecule has 1 aliphatic heterocycles. The van der Waals surface area contributed by atoms with Crippen molar-refractivity contribution >= 4 is 29.9 Å². The van der Waals surface area contributed by atoms with Gasteiger partial charge in [-0.05, 0) is 37.0 Å². The van der Waals surface area contributed by atoms with Crippen molar-refractivity contribution in [1.82, 2.24) is 10.6 Å². The van der Waals surface area contributed by atoms with E-state index in [1.54, 1.807) is 0 Å². The highest BCUT2D eigenvalue weighted by molar-refractivity contribution is 14.0. The number of aliphatic imine (C=N–C) groups is 1. The molecule has 0 amide bonds. The lowest BCUT2D eigenvalue weighted by molar-refractivity contribution is 0.171. The number of nitrogens with one attached hydrogen (secondary N) is 2. The largest absolute Gasteiger partial charge is 0.486 e. The number of hydrogen-bond acceptors (Lipinski definition) is 3. The fraction of sp³-hybridized carbons (Fsp3) is 0.632. The minimum Gasteiger partial charge on any atom is -0.486 e. The van der Waals surface area contributed by atoms with Gasteiger partial charge in [-0.25, -0.2) is 0 Å². The zero-order chi connectivity index (χ0) is 16.8. The van der Waals surface area contributed by atoms with Gasteiger partial charge >= 0.3 is 0 Å². The molecule has 5 nitrogen and oxygen atoms in total. The third kappa shape index (κ3) is 4.71. The lowest BCUT2D eigenvalue weighted by Crippen LogP contribution is -2.44. The van der Waals surface area contributed by atoms with Crippen LogP contribution in [-0.2, 0) is 5.41 Å². The first kappa shape index (κ1) is 20.1. The van der Waals surface area contributed by atoms with E-state index in [2.05, 4.69) is 40.7 Å². The van der Waals surface area contributed by atoms with Crippen LogP contribution in [0.2, 0.25) is 0 Å². The minimum absolute atomic E-state index is 0. The summed E-state index contributed by atoms with van der Waals surface area (Å²) in [5.74, 6) is 2.64. The Morgan fingerprint density at radius 2 is 1.84 bits per heavy atom. The molecule has 0 spiro atoms. The van der Waals surface area contributed by atoms with Gasteiger partial charge in [-0.3, -0.25) is 4.99 Å². The number of ether oxygens (including phenoxy) is 2. The van der Waals surface area contributed by atoms with Crippen molar-refractivity contribution in [3.63, 3.8) is 0 Å². The molecule has 0 aromatic heterocycles. The number of guanidine groups is 1. The van der Waals surface area contributed by atoms with Gasteiger partial charge < -0.3 is 20.1 Å². The lowest BCUT2D eigenvalue weighted by Gasteiger charge is -2.32. The van der Waals surface area contributed by atoms with E-state index in [4.69, 9.17) is 9.47 Å². The van der Waals surface area contributed by atoms with E-state index in [1.165, 1.54) is 31.2 Å². The first-order valence-corrected chi connectivity index (χ1v) is 9.12. The Hall–Kier alpha value is -1.18. The van der Waals surface area contributed by atoms with E-state index in [9.17, 15) is 0 Å². The molecule has 1 aromatic rings. The molecule has 3 rings (SSSR count). The summed E-state index contributed by atoms with van der Waals surface area (Å²) >= 11 is 0. The van der Waals surface area contributed by atoms with Crippen molar-refractivity contribution in [2.75, 3.05) is 33.4 Å². The molecule has 1 aromatic carbocycles. The van der Waals surface area contributed by atoms with Crippen molar-refractivity contribution in [3.8, 4) is 11.5 Å². The van der Waals surface area contributed by atoms with Gasteiger partial charge in [0.2, 0.25) is 0 Å². The zero-order valence-corrected chi connectivity index (χ0v) is 17.6. The second-order valence-electron chi connectivity index (χ2n) is 6.70. The molecule has 1 aliphatic carbocycles. The third-order valence-corrected chi connectivity index (χ3v) is 5.08. The molecule has 0 bridgehead atoms. The van der Waals surface area contributed by atoms with Gasteiger partial charge in [-0.15, -0.1) is 24.0 Å². The molecule has 25 heavy (non-hydrogen) atoms. The summed E-state index contributed by atoms with van der Waals surface area (Å²) in [6.45, 7) is 5.27. The van der Waals surface area contributed by atoms with Gasteiger partial charge in [0.15, 0.2) is 17.5 Å². The molecular formula is C19H30IN3O2. The third-order valence-electron chi connectivity index (χ3n) is 5.08. The van der Waals surface area contributed by atoms with Crippen LogP contribution in [-0.4, -0.2) is 39.3 Å². The highest BCUT2D eigenvalue weighted by Gasteiger charge is 2.36. The molecule has 0 atom stereocenters. The van der Waals surface area contributed by atoms with Crippen LogP contribution in [0.25, 0.3) is 0 Å². The van der Waals surface area contributed by atoms with Crippen LogP contribution in [0.4, 0.5) is 0 Å². The minimum atomic E-state index is 0. The van der Waals surface area contributed by atoms with E-state index in [0.29, 0.717) is 13.2 Å². The Morgan fingerprint density at radius 1 is 1.12 bits per heavy atom. The Labute approximate surface area is 168 Å². The van der Waals surface area contributed by atoms with Crippen molar-refractivity contribution in [1.29, 1.82) is 0 Å². The highest BCUT2D eigenvalue weighted by Crippen LogP contribution is 2.43. The predicted octanol–water partition coefficient (Wildman–Crippen LogP) is 3.46. The Balaban J connectivity index is 0.00000225. The highest BCUT2D eigenvalue weighted by atomic mass is 127. The van der Waals surface area contributed by atoms with Crippen molar-refractivity contribution in [2.24, 2.45) is 4.99 Å². The van der Waals surface area contributed by atoms with E-state index >= 15 is 0 Å². The van der Waals surface area contributed by atoms with Gasteiger partial charge in [0, 0.05) is 25.6 Å². The quantitative estimate of drug-likeness (QED) is 0.403. The van der Waals surface area contributed by atoms with Gasteiger partial charge in [0.1, 0.15) is 13.2 Å². The van der Waals surface area contributed by atoms with Gasteiger partial charge in [-0.2, -0.15) is 0 Å². The van der Waals surface area contributed by atoms with Crippen molar-refractivity contribution < 1.29 is 9.47 Å². The van der Waals surface area contributed by atoms with Crippen LogP contribution in [0, 0.1) is 0 Å². The first-order valence-electron chi connectivity index (χ1n) is 9.12. The molecule has 1 saturated carbocycles. The van der Waals surface area contributed by atoms with Gasteiger partial charge in [0.25, 0.3) is 0 Å². The number of benzene rings is 1. The maximum absolute atomic E-state index is 5.79. The Kier molecular flexibility index (Phi) is 7.65. The first-order chi connectivity index (χ1) is 11.8. The van der Waals surface area contributed by atoms with Crippen LogP contribution in [0.1, 0.15) is 44.6 Å². The normalized spacial score (nSPS) is 18.4.